The van der Waals surface area contributed by atoms with Gasteiger partial charge >= 0.3 is 0 Å². The van der Waals surface area contributed by atoms with Gasteiger partial charge in [-0.05, 0) is 56.4 Å². The number of aromatic nitrogens is 6. The van der Waals surface area contributed by atoms with E-state index in [4.69, 9.17) is 0 Å². The summed E-state index contributed by atoms with van der Waals surface area (Å²) in [5.41, 5.74) is 3.93. The highest BCUT2D eigenvalue weighted by Crippen LogP contribution is 2.28. The van der Waals surface area contributed by atoms with Gasteiger partial charge in [0.2, 0.25) is 11.9 Å². The van der Waals surface area contributed by atoms with Crippen molar-refractivity contribution in [3.05, 3.63) is 57.6 Å². The first-order valence-electron chi connectivity index (χ1n) is 11.8. The molecule has 0 saturated heterocycles. The van der Waals surface area contributed by atoms with Crippen LogP contribution in [0.3, 0.4) is 0 Å². The molecule has 1 aromatic carbocycles. The predicted molar refractivity (Wildman–Crippen MR) is 131 cm³/mol. The Bertz CT molecular complexity index is 1420. The minimum Gasteiger partial charge on any atom is -0.310 e. The summed E-state index contributed by atoms with van der Waals surface area (Å²) in [5.74, 6) is 1.29. The maximum absolute atomic E-state index is 12.9. The summed E-state index contributed by atoms with van der Waals surface area (Å²) in [5, 5.41) is 12.2. The van der Waals surface area contributed by atoms with Crippen molar-refractivity contribution in [2.45, 2.75) is 59.3 Å². The van der Waals surface area contributed by atoms with Crippen LogP contribution in [0.15, 0.2) is 35.3 Å². The largest absolute Gasteiger partial charge is 0.310 e. The van der Waals surface area contributed by atoms with E-state index in [1.54, 1.807) is 10.7 Å². The number of carbonyl (C=O) groups is 1. The highest BCUT2D eigenvalue weighted by molar-refractivity contribution is 5.90. The van der Waals surface area contributed by atoms with E-state index in [9.17, 15) is 9.59 Å². The van der Waals surface area contributed by atoms with E-state index in [1.165, 1.54) is 42.1 Å². The maximum atomic E-state index is 12.9. The Kier molecular flexibility index (Phi) is 5.77. The third-order valence-electron chi connectivity index (χ3n) is 6.71. The number of carbonyl (C=O) groups excluding carboxylic acids is 1. The van der Waals surface area contributed by atoms with Crippen LogP contribution in [0, 0.1) is 26.7 Å². The third-order valence-corrected chi connectivity index (χ3v) is 6.71. The van der Waals surface area contributed by atoms with E-state index in [-0.39, 0.29) is 17.4 Å². The van der Waals surface area contributed by atoms with Gasteiger partial charge in [-0.1, -0.05) is 31.7 Å². The van der Waals surface area contributed by atoms with E-state index in [2.05, 4.69) is 25.5 Å². The van der Waals surface area contributed by atoms with Crippen LogP contribution < -0.4 is 10.9 Å². The van der Waals surface area contributed by atoms with Gasteiger partial charge in [0.25, 0.3) is 5.56 Å². The molecule has 0 atom stereocenters. The summed E-state index contributed by atoms with van der Waals surface area (Å²) in [4.78, 5) is 33.0. The summed E-state index contributed by atoms with van der Waals surface area (Å²) in [6.45, 7) is 5.91. The Hall–Kier alpha value is -3.75. The van der Waals surface area contributed by atoms with E-state index in [1.807, 2.05) is 39.0 Å². The number of hydrogen-bond donors (Lipinski definition) is 2. The van der Waals surface area contributed by atoms with Gasteiger partial charge in [-0.2, -0.15) is 19.9 Å². The second-order valence-electron chi connectivity index (χ2n) is 9.27. The lowest BCUT2D eigenvalue weighted by molar-refractivity contribution is -0.116. The molecule has 9 nitrogen and oxygen atoms in total. The fourth-order valence-electron chi connectivity index (χ4n) is 4.64. The predicted octanol–water partition coefficient (Wildman–Crippen LogP) is 4.13. The van der Waals surface area contributed by atoms with Gasteiger partial charge in [-0.25, -0.2) is 4.68 Å². The number of amides is 1. The Labute approximate surface area is 197 Å². The van der Waals surface area contributed by atoms with Crippen LogP contribution in [-0.4, -0.2) is 35.4 Å². The zero-order valence-corrected chi connectivity index (χ0v) is 19.8. The van der Waals surface area contributed by atoms with Crippen molar-refractivity contribution in [1.29, 1.82) is 0 Å². The third kappa shape index (κ3) is 4.25. The number of nitrogens with one attached hydrogen (secondary N) is 2. The lowest BCUT2D eigenvalue weighted by atomic mass is 10.0. The lowest BCUT2D eigenvalue weighted by Crippen LogP contribution is -2.19. The molecule has 3 aromatic heterocycles. The van der Waals surface area contributed by atoms with E-state index in [0.29, 0.717) is 34.9 Å². The molecule has 0 bridgehead atoms. The Morgan fingerprint density at radius 2 is 1.91 bits per heavy atom. The van der Waals surface area contributed by atoms with Gasteiger partial charge in [-0.15, -0.1) is 0 Å². The number of fused-ring (bicyclic) bond motifs is 1. The minimum atomic E-state index is -0.318. The SMILES string of the molecule is Cc1cc(NC(=O)CCC2CCCC2)n(-c2nc3c(cnn3-c3ccc(C)c(C)c3)c(=O)[nH]2)n1. The number of aromatic amines is 1. The van der Waals surface area contributed by atoms with Gasteiger partial charge in [0.05, 0.1) is 17.6 Å². The van der Waals surface area contributed by atoms with Gasteiger partial charge in [0, 0.05) is 12.5 Å². The Morgan fingerprint density at radius 3 is 2.68 bits per heavy atom. The number of nitrogens with zero attached hydrogens (tertiary/aromatic N) is 5. The summed E-state index contributed by atoms with van der Waals surface area (Å²) in [6, 6.07) is 7.75. The molecule has 1 fully saturated rings. The molecule has 4 aromatic rings. The van der Waals surface area contributed by atoms with Gasteiger partial charge < -0.3 is 5.32 Å². The average Bonchev–Trinajstić information content (AvgIpc) is 3.54. The first kappa shape index (κ1) is 22.1. The van der Waals surface area contributed by atoms with Gasteiger partial charge in [0.15, 0.2) is 5.65 Å². The minimum absolute atomic E-state index is 0.0587. The lowest BCUT2D eigenvalue weighted by Gasteiger charge is -2.11. The van der Waals surface area contributed by atoms with Crippen LogP contribution in [0.25, 0.3) is 22.7 Å². The van der Waals surface area contributed by atoms with E-state index >= 15 is 0 Å². The molecule has 0 aliphatic heterocycles. The number of rotatable bonds is 6. The number of H-pyrrole nitrogens is 1. The molecular weight excluding hydrogens is 430 g/mol. The van der Waals surface area contributed by atoms with Crippen molar-refractivity contribution in [1.82, 2.24) is 29.5 Å². The number of hydrogen-bond acceptors (Lipinski definition) is 5. The molecule has 9 heteroatoms. The van der Waals surface area contributed by atoms with Crippen molar-refractivity contribution in [2.75, 3.05) is 5.32 Å². The van der Waals surface area contributed by atoms with Crippen LogP contribution in [-0.2, 0) is 4.79 Å². The summed E-state index contributed by atoms with van der Waals surface area (Å²) < 4.78 is 3.12. The topological polar surface area (TPSA) is 110 Å². The van der Waals surface area contributed by atoms with E-state index in [0.717, 1.165) is 17.7 Å². The van der Waals surface area contributed by atoms with Gasteiger partial charge in [0.1, 0.15) is 11.2 Å². The number of anilines is 1. The molecule has 0 unspecified atom stereocenters. The van der Waals surface area contributed by atoms with Crippen molar-refractivity contribution in [3.8, 4) is 11.6 Å². The van der Waals surface area contributed by atoms with E-state index < -0.39 is 0 Å². The van der Waals surface area contributed by atoms with Crippen molar-refractivity contribution in [3.63, 3.8) is 0 Å². The van der Waals surface area contributed by atoms with Crippen molar-refractivity contribution in [2.24, 2.45) is 5.92 Å². The van der Waals surface area contributed by atoms with Crippen LogP contribution in [0.1, 0.15) is 55.3 Å². The van der Waals surface area contributed by atoms with Crippen LogP contribution in [0.2, 0.25) is 0 Å². The summed E-state index contributed by atoms with van der Waals surface area (Å²) in [7, 11) is 0. The zero-order valence-electron chi connectivity index (χ0n) is 19.8. The molecule has 1 saturated carbocycles. The molecule has 5 rings (SSSR count). The first-order valence-corrected chi connectivity index (χ1v) is 11.8. The smallest absolute Gasteiger partial charge is 0.263 e. The zero-order chi connectivity index (χ0) is 23.8. The second-order valence-corrected chi connectivity index (χ2v) is 9.27. The molecule has 1 aliphatic rings. The quantitative estimate of drug-likeness (QED) is 0.450. The molecule has 176 valence electrons. The molecule has 2 N–H and O–H groups in total. The fraction of sp³-hybridized carbons (Fsp3) is 0.400. The second kappa shape index (κ2) is 8.89. The molecule has 1 amide bonds. The van der Waals surface area contributed by atoms with Crippen molar-refractivity contribution < 1.29 is 4.79 Å². The number of benzene rings is 1. The molecular formula is C25H29N7O2. The maximum Gasteiger partial charge on any atom is 0.263 e. The Morgan fingerprint density at radius 1 is 1.12 bits per heavy atom. The molecule has 0 radical (unpaired) electrons. The fourth-order valence-corrected chi connectivity index (χ4v) is 4.64. The van der Waals surface area contributed by atoms with Crippen LogP contribution >= 0.6 is 0 Å². The molecule has 0 spiro atoms. The summed E-state index contributed by atoms with van der Waals surface area (Å²) >= 11 is 0. The average molecular weight is 460 g/mol. The monoisotopic (exact) mass is 459 g/mol. The molecule has 3 heterocycles. The Balaban J connectivity index is 1.48. The highest BCUT2D eigenvalue weighted by atomic mass is 16.1. The first-order chi connectivity index (χ1) is 16.4. The molecule has 1 aliphatic carbocycles. The van der Waals surface area contributed by atoms with Gasteiger partial charge in [-0.3, -0.25) is 14.6 Å². The highest BCUT2D eigenvalue weighted by Gasteiger charge is 2.19. The van der Waals surface area contributed by atoms with Crippen LogP contribution in [0.4, 0.5) is 5.82 Å². The molecule has 34 heavy (non-hydrogen) atoms. The summed E-state index contributed by atoms with van der Waals surface area (Å²) in [6.07, 6.45) is 7.83. The standard InChI is InChI=1S/C25H29N7O2/c1-15-8-10-19(12-16(15)2)31-23-20(14-26-31)24(34)29-25(28-23)32-21(13-17(3)30-32)27-22(33)11-9-18-6-4-5-7-18/h8,10,12-14,18H,4-7,9,11H2,1-3H3,(H,27,33)(H,28,29,34). The normalized spacial score (nSPS) is 14.2. The number of aryl methyl sites for hydroxylation is 3. The van der Waals surface area contributed by atoms with Crippen LogP contribution in [0.5, 0.6) is 0 Å². The van der Waals surface area contributed by atoms with Crippen molar-refractivity contribution >= 4 is 22.8 Å².